The van der Waals surface area contributed by atoms with Gasteiger partial charge >= 0.3 is 11.7 Å². The van der Waals surface area contributed by atoms with Crippen molar-refractivity contribution in [2.24, 2.45) is 5.92 Å². The minimum absolute atomic E-state index is 0.161. The molecule has 0 bridgehead atoms. The number of aromatic nitrogens is 1. The number of rotatable bonds is 8. The molecule has 0 aromatic carbocycles. The monoisotopic (exact) mass is 399 g/mol. The zero-order chi connectivity index (χ0) is 21.1. The van der Waals surface area contributed by atoms with Gasteiger partial charge in [0.25, 0.3) is 0 Å². The van der Waals surface area contributed by atoms with Crippen molar-refractivity contribution in [2.45, 2.75) is 70.8 Å². The molecule has 0 aliphatic heterocycles. The Balaban J connectivity index is 2.38. The van der Waals surface area contributed by atoms with E-state index in [0.29, 0.717) is 12.1 Å². The molecular formula is C19H27F2N3O4. The van der Waals surface area contributed by atoms with Crippen molar-refractivity contribution in [3.8, 4) is 0 Å². The molecule has 1 heterocycles. The van der Waals surface area contributed by atoms with Crippen LogP contribution in [-0.4, -0.2) is 39.5 Å². The summed E-state index contributed by atoms with van der Waals surface area (Å²) in [6, 6.07) is 1.12. The van der Waals surface area contributed by atoms with Crippen molar-refractivity contribution in [1.82, 2.24) is 4.98 Å². The van der Waals surface area contributed by atoms with Crippen LogP contribution in [0.2, 0.25) is 0 Å². The standard InChI is InChI=1S/C19H27F2N3O4/c1-12(2)11-23(15-4-6-19(20,21)7-5-15)18-16(24(27)28)9-14(10-22-18)13(3)8-17(25)26/h9-10,12-13,15H,4-8,11H2,1-3H3,(H,25,26)/t13-/m1/s1. The Kier molecular flexibility index (Phi) is 6.90. The van der Waals surface area contributed by atoms with Gasteiger partial charge in [0.15, 0.2) is 0 Å². The lowest BCUT2D eigenvalue weighted by molar-refractivity contribution is -0.384. The summed E-state index contributed by atoms with van der Waals surface area (Å²) in [7, 11) is 0. The molecule has 9 heteroatoms. The van der Waals surface area contributed by atoms with Gasteiger partial charge in [-0.2, -0.15) is 0 Å². The van der Waals surface area contributed by atoms with Gasteiger partial charge < -0.3 is 10.0 Å². The molecule has 1 aliphatic rings. The highest BCUT2D eigenvalue weighted by Gasteiger charge is 2.39. The van der Waals surface area contributed by atoms with E-state index >= 15 is 0 Å². The third-order valence-electron chi connectivity index (χ3n) is 5.08. The van der Waals surface area contributed by atoms with Gasteiger partial charge in [-0.3, -0.25) is 14.9 Å². The third-order valence-corrected chi connectivity index (χ3v) is 5.08. The molecule has 1 atom stereocenters. The highest BCUT2D eigenvalue weighted by atomic mass is 19.3. The first-order valence-electron chi connectivity index (χ1n) is 9.50. The molecule has 28 heavy (non-hydrogen) atoms. The van der Waals surface area contributed by atoms with Crippen LogP contribution in [0.15, 0.2) is 12.3 Å². The summed E-state index contributed by atoms with van der Waals surface area (Å²) in [6.45, 7) is 6.05. The third kappa shape index (κ3) is 5.59. The fourth-order valence-corrected chi connectivity index (χ4v) is 3.60. The second-order valence-electron chi connectivity index (χ2n) is 8.00. The van der Waals surface area contributed by atoms with Crippen LogP contribution >= 0.6 is 0 Å². The van der Waals surface area contributed by atoms with Crippen molar-refractivity contribution >= 4 is 17.5 Å². The maximum absolute atomic E-state index is 13.6. The van der Waals surface area contributed by atoms with E-state index < -0.39 is 22.7 Å². The van der Waals surface area contributed by atoms with E-state index in [9.17, 15) is 23.7 Å². The average Bonchev–Trinajstić information content (AvgIpc) is 2.58. The van der Waals surface area contributed by atoms with Crippen LogP contribution < -0.4 is 4.90 Å². The summed E-state index contributed by atoms with van der Waals surface area (Å²) in [5.41, 5.74) is 0.255. The molecule has 1 fully saturated rings. The summed E-state index contributed by atoms with van der Waals surface area (Å²) in [5, 5.41) is 20.7. The number of nitro groups is 1. The molecule has 1 aliphatic carbocycles. The van der Waals surface area contributed by atoms with Crippen LogP contribution in [0.5, 0.6) is 0 Å². The van der Waals surface area contributed by atoms with E-state index in [1.54, 1.807) is 11.8 Å². The molecule has 0 saturated heterocycles. The van der Waals surface area contributed by atoms with Crippen LogP contribution in [0.4, 0.5) is 20.3 Å². The number of carboxylic acid groups (broad SMARTS) is 1. The van der Waals surface area contributed by atoms with Crippen molar-refractivity contribution in [1.29, 1.82) is 0 Å². The Hall–Kier alpha value is -2.32. The number of halogens is 2. The van der Waals surface area contributed by atoms with E-state index in [4.69, 9.17) is 5.11 Å². The van der Waals surface area contributed by atoms with E-state index in [0.717, 1.165) is 0 Å². The number of carboxylic acids is 1. The van der Waals surface area contributed by atoms with Gasteiger partial charge in [0, 0.05) is 37.7 Å². The number of carbonyl (C=O) groups is 1. The molecule has 0 radical (unpaired) electrons. The average molecular weight is 399 g/mol. The highest BCUT2D eigenvalue weighted by Crippen LogP contribution is 2.39. The van der Waals surface area contributed by atoms with Gasteiger partial charge in [-0.1, -0.05) is 20.8 Å². The molecule has 1 aromatic heterocycles. The van der Waals surface area contributed by atoms with Crippen LogP contribution in [0, 0.1) is 16.0 Å². The molecule has 1 saturated carbocycles. The number of pyridine rings is 1. The summed E-state index contributed by atoms with van der Waals surface area (Å²) >= 11 is 0. The van der Waals surface area contributed by atoms with Gasteiger partial charge in [-0.05, 0) is 30.2 Å². The summed E-state index contributed by atoms with van der Waals surface area (Å²) in [6.07, 6.45) is 1.30. The molecule has 0 spiro atoms. The normalized spacial score (nSPS) is 18.1. The van der Waals surface area contributed by atoms with E-state index in [1.807, 2.05) is 13.8 Å². The van der Waals surface area contributed by atoms with Crippen molar-refractivity contribution in [3.05, 3.63) is 27.9 Å². The predicted molar refractivity (Wildman–Crippen MR) is 101 cm³/mol. The maximum atomic E-state index is 13.6. The number of nitrogens with zero attached hydrogens (tertiary/aromatic N) is 3. The van der Waals surface area contributed by atoms with E-state index in [2.05, 4.69) is 4.98 Å². The lowest BCUT2D eigenvalue weighted by atomic mass is 9.90. The Bertz CT molecular complexity index is 717. The molecule has 156 valence electrons. The van der Waals surface area contributed by atoms with Crippen LogP contribution in [-0.2, 0) is 4.79 Å². The molecule has 0 amide bonds. The van der Waals surface area contributed by atoms with Crippen molar-refractivity contribution in [2.75, 3.05) is 11.4 Å². The Labute approximate surface area is 162 Å². The van der Waals surface area contributed by atoms with Gasteiger partial charge in [0.05, 0.1) is 11.3 Å². The molecular weight excluding hydrogens is 372 g/mol. The second-order valence-corrected chi connectivity index (χ2v) is 8.00. The topological polar surface area (TPSA) is 96.6 Å². The van der Waals surface area contributed by atoms with Gasteiger partial charge in [-0.15, -0.1) is 0 Å². The smallest absolute Gasteiger partial charge is 0.311 e. The minimum atomic E-state index is -2.69. The fourth-order valence-electron chi connectivity index (χ4n) is 3.60. The van der Waals surface area contributed by atoms with Crippen molar-refractivity contribution in [3.63, 3.8) is 0 Å². The first-order valence-corrected chi connectivity index (χ1v) is 9.50. The molecule has 1 aromatic rings. The summed E-state index contributed by atoms with van der Waals surface area (Å²) in [4.78, 5) is 28.2. The number of hydrogen-bond donors (Lipinski definition) is 1. The minimum Gasteiger partial charge on any atom is -0.481 e. The highest BCUT2D eigenvalue weighted by molar-refractivity contribution is 5.68. The van der Waals surface area contributed by atoms with E-state index in [1.165, 1.54) is 12.3 Å². The summed E-state index contributed by atoms with van der Waals surface area (Å²) < 4.78 is 27.1. The number of aliphatic carboxylic acids is 1. The lowest BCUT2D eigenvalue weighted by Gasteiger charge is -2.38. The molecule has 7 nitrogen and oxygen atoms in total. The second kappa shape index (κ2) is 8.79. The quantitative estimate of drug-likeness (QED) is 0.507. The Morgan fingerprint density at radius 2 is 2.00 bits per heavy atom. The van der Waals surface area contributed by atoms with Crippen LogP contribution in [0.25, 0.3) is 0 Å². The number of hydrogen-bond acceptors (Lipinski definition) is 5. The lowest BCUT2D eigenvalue weighted by Crippen LogP contribution is -2.43. The zero-order valence-corrected chi connectivity index (χ0v) is 16.4. The van der Waals surface area contributed by atoms with Crippen molar-refractivity contribution < 1.29 is 23.6 Å². The Morgan fingerprint density at radius 1 is 1.39 bits per heavy atom. The number of alkyl halides is 2. The fraction of sp³-hybridized carbons (Fsp3) is 0.684. The summed E-state index contributed by atoms with van der Waals surface area (Å²) in [5.74, 6) is -3.78. The van der Waals surface area contributed by atoms with Gasteiger partial charge in [0.2, 0.25) is 11.7 Å². The first-order chi connectivity index (χ1) is 13.0. The predicted octanol–water partition coefficient (Wildman–Crippen LogP) is 4.61. The zero-order valence-electron chi connectivity index (χ0n) is 16.4. The van der Waals surface area contributed by atoms with Gasteiger partial charge in [0.1, 0.15) is 0 Å². The Morgan fingerprint density at radius 3 is 2.50 bits per heavy atom. The molecule has 2 rings (SSSR count). The largest absolute Gasteiger partial charge is 0.481 e. The van der Waals surface area contributed by atoms with Crippen LogP contribution in [0.3, 0.4) is 0 Å². The molecule has 0 unspecified atom stereocenters. The molecule has 1 N–H and O–H groups in total. The van der Waals surface area contributed by atoms with Crippen LogP contribution in [0.1, 0.15) is 64.4 Å². The number of anilines is 1. The van der Waals surface area contributed by atoms with E-state index in [-0.39, 0.29) is 55.6 Å². The first kappa shape index (κ1) is 22.0. The maximum Gasteiger partial charge on any atom is 0.311 e. The SMILES string of the molecule is CC(C)CN(c1ncc([C@H](C)CC(=O)O)cc1[N+](=O)[O-])C1CCC(F)(F)CC1. The van der Waals surface area contributed by atoms with Gasteiger partial charge in [-0.25, -0.2) is 13.8 Å².